The van der Waals surface area contributed by atoms with Gasteiger partial charge in [0.05, 0.1) is 23.3 Å². The zero-order valence-corrected chi connectivity index (χ0v) is 15.6. The van der Waals surface area contributed by atoms with E-state index in [2.05, 4.69) is 0 Å². The van der Waals surface area contributed by atoms with E-state index in [1.807, 2.05) is 0 Å². The number of anilines is 1. The fraction of sp³-hybridized carbons (Fsp3) is 0.235. The number of carbonyl (C=O) groups is 1. The Kier molecular flexibility index (Phi) is 6.02. The van der Waals surface area contributed by atoms with Gasteiger partial charge in [-0.05, 0) is 42.5 Å². The standard InChI is InChI=1S/C17H16F3NO3S2/c1-21(26(2,23)24)14-8-6-12(7-9-14)16(22)11-25-15-5-3-4-13(10-15)17(18,19)20/h3-10H,11H2,1-2H3. The molecule has 0 radical (unpaired) electrons. The molecule has 0 unspecified atom stereocenters. The number of sulfonamides is 1. The first-order valence-corrected chi connectivity index (χ1v) is 10.2. The molecule has 140 valence electrons. The molecule has 0 heterocycles. The quantitative estimate of drug-likeness (QED) is 0.539. The Hall–Kier alpha value is -2.00. The molecule has 2 aromatic carbocycles. The molecule has 2 rings (SSSR count). The van der Waals surface area contributed by atoms with Gasteiger partial charge in [-0.15, -0.1) is 11.8 Å². The number of ketones is 1. The van der Waals surface area contributed by atoms with Crippen molar-refractivity contribution in [1.29, 1.82) is 0 Å². The summed E-state index contributed by atoms with van der Waals surface area (Å²) in [6.45, 7) is 0. The normalized spacial score (nSPS) is 12.0. The summed E-state index contributed by atoms with van der Waals surface area (Å²) in [5, 5.41) is 0. The maximum Gasteiger partial charge on any atom is 0.416 e. The van der Waals surface area contributed by atoms with E-state index >= 15 is 0 Å². The molecule has 0 atom stereocenters. The third-order valence-electron chi connectivity index (χ3n) is 3.58. The molecule has 0 saturated heterocycles. The number of carbonyl (C=O) groups excluding carboxylic acids is 1. The average molecular weight is 403 g/mol. The zero-order valence-electron chi connectivity index (χ0n) is 13.9. The number of benzene rings is 2. The Morgan fingerprint density at radius 1 is 1.12 bits per heavy atom. The highest BCUT2D eigenvalue weighted by Crippen LogP contribution is 2.32. The van der Waals surface area contributed by atoms with E-state index in [1.54, 1.807) is 0 Å². The maximum atomic E-state index is 12.7. The van der Waals surface area contributed by atoms with E-state index < -0.39 is 21.8 Å². The van der Waals surface area contributed by atoms with E-state index in [1.165, 1.54) is 43.4 Å². The van der Waals surface area contributed by atoms with Crippen molar-refractivity contribution >= 4 is 33.3 Å². The van der Waals surface area contributed by atoms with E-state index in [0.717, 1.165) is 34.5 Å². The minimum Gasteiger partial charge on any atom is -0.293 e. The summed E-state index contributed by atoms with van der Waals surface area (Å²) in [7, 11) is -2.00. The minimum atomic E-state index is -4.43. The predicted octanol–water partition coefficient (Wildman–Crippen LogP) is 4.08. The molecule has 26 heavy (non-hydrogen) atoms. The van der Waals surface area contributed by atoms with Gasteiger partial charge in [0.15, 0.2) is 5.78 Å². The lowest BCUT2D eigenvalue weighted by Gasteiger charge is -2.16. The van der Waals surface area contributed by atoms with Gasteiger partial charge in [0.1, 0.15) is 0 Å². The van der Waals surface area contributed by atoms with E-state index in [0.29, 0.717) is 16.1 Å². The monoisotopic (exact) mass is 403 g/mol. The van der Waals surface area contributed by atoms with Crippen molar-refractivity contribution < 1.29 is 26.4 Å². The van der Waals surface area contributed by atoms with Crippen molar-refractivity contribution in [2.24, 2.45) is 0 Å². The first-order chi connectivity index (χ1) is 12.0. The van der Waals surface area contributed by atoms with Crippen LogP contribution >= 0.6 is 11.8 Å². The molecule has 0 aliphatic rings. The molecule has 2 aromatic rings. The second-order valence-corrected chi connectivity index (χ2v) is 8.58. The van der Waals surface area contributed by atoms with Crippen molar-refractivity contribution in [1.82, 2.24) is 0 Å². The van der Waals surface area contributed by atoms with Crippen LogP contribution in [-0.4, -0.2) is 33.3 Å². The van der Waals surface area contributed by atoms with Crippen LogP contribution in [0.1, 0.15) is 15.9 Å². The second kappa shape index (κ2) is 7.71. The van der Waals surface area contributed by atoms with Crippen LogP contribution < -0.4 is 4.31 Å². The summed E-state index contributed by atoms with van der Waals surface area (Å²) >= 11 is 1.01. The third-order valence-corrected chi connectivity index (χ3v) is 5.78. The lowest BCUT2D eigenvalue weighted by molar-refractivity contribution is -0.137. The Labute approximate surface area is 154 Å². The lowest BCUT2D eigenvalue weighted by Crippen LogP contribution is -2.24. The van der Waals surface area contributed by atoms with Crippen molar-refractivity contribution in [3.8, 4) is 0 Å². The molecule has 0 aliphatic heterocycles. The topological polar surface area (TPSA) is 54.5 Å². The van der Waals surface area contributed by atoms with E-state index in [-0.39, 0.29) is 11.5 Å². The molecular weight excluding hydrogens is 387 g/mol. The van der Waals surface area contributed by atoms with Crippen LogP contribution in [0, 0.1) is 0 Å². The van der Waals surface area contributed by atoms with Crippen molar-refractivity contribution in [2.75, 3.05) is 23.4 Å². The van der Waals surface area contributed by atoms with Gasteiger partial charge in [-0.2, -0.15) is 13.2 Å². The highest BCUT2D eigenvalue weighted by atomic mass is 32.2. The SMILES string of the molecule is CN(c1ccc(C(=O)CSc2cccc(C(F)(F)F)c2)cc1)S(C)(=O)=O. The fourth-order valence-electron chi connectivity index (χ4n) is 2.04. The van der Waals surface area contributed by atoms with Crippen LogP contribution in [0.2, 0.25) is 0 Å². The third kappa shape index (κ3) is 5.25. The molecule has 0 spiro atoms. The van der Waals surface area contributed by atoms with Crippen LogP contribution in [0.5, 0.6) is 0 Å². The molecule has 0 aliphatic carbocycles. The summed E-state index contributed by atoms with van der Waals surface area (Å²) < 4.78 is 62.1. The number of rotatable bonds is 6. The number of nitrogens with zero attached hydrogens (tertiary/aromatic N) is 1. The van der Waals surface area contributed by atoms with Gasteiger partial charge < -0.3 is 0 Å². The largest absolute Gasteiger partial charge is 0.416 e. The number of Topliss-reactive ketones (excluding diaryl/α,β-unsaturated/α-hetero) is 1. The Bertz CT molecular complexity index is 894. The molecule has 0 fully saturated rings. The molecule has 0 saturated carbocycles. The predicted molar refractivity (Wildman–Crippen MR) is 96.2 cm³/mol. The van der Waals surface area contributed by atoms with E-state index in [9.17, 15) is 26.4 Å². The summed E-state index contributed by atoms with van der Waals surface area (Å²) in [6.07, 6.45) is -3.36. The highest BCUT2D eigenvalue weighted by molar-refractivity contribution is 8.00. The smallest absolute Gasteiger partial charge is 0.293 e. The van der Waals surface area contributed by atoms with Crippen LogP contribution in [0.15, 0.2) is 53.4 Å². The van der Waals surface area contributed by atoms with Gasteiger partial charge in [-0.25, -0.2) is 8.42 Å². The van der Waals surface area contributed by atoms with Gasteiger partial charge in [0.2, 0.25) is 10.0 Å². The first kappa shape index (κ1) is 20.3. The van der Waals surface area contributed by atoms with Crippen LogP contribution in [0.4, 0.5) is 18.9 Å². The molecule has 0 amide bonds. The van der Waals surface area contributed by atoms with Crippen molar-refractivity contribution in [3.05, 3.63) is 59.7 Å². The minimum absolute atomic E-state index is 0.0252. The molecule has 0 bridgehead atoms. The number of halogens is 3. The van der Waals surface area contributed by atoms with Gasteiger partial charge >= 0.3 is 6.18 Å². The number of hydrogen-bond acceptors (Lipinski definition) is 4. The number of thioether (sulfide) groups is 1. The fourth-order valence-corrected chi connectivity index (χ4v) is 3.40. The lowest BCUT2D eigenvalue weighted by atomic mass is 10.1. The van der Waals surface area contributed by atoms with Gasteiger partial charge in [-0.1, -0.05) is 6.07 Å². The van der Waals surface area contributed by atoms with Crippen molar-refractivity contribution in [2.45, 2.75) is 11.1 Å². The van der Waals surface area contributed by atoms with E-state index in [4.69, 9.17) is 0 Å². The van der Waals surface area contributed by atoms with Crippen LogP contribution in [0.3, 0.4) is 0 Å². The summed E-state index contributed by atoms with van der Waals surface area (Å²) in [5.74, 6) is -0.288. The van der Waals surface area contributed by atoms with Crippen LogP contribution in [-0.2, 0) is 16.2 Å². The summed E-state index contributed by atoms with van der Waals surface area (Å²) in [5.41, 5.74) is 0.00724. The Morgan fingerprint density at radius 3 is 2.27 bits per heavy atom. The maximum absolute atomic E-state index is 12.7. The van der Waals surface area contributed by atoms with Crippen LogP contribution in [0.25, 0.3) is 0 Å². The summed E-state index contributed by atoms with van der Waals surface area (Å²) in [6, 6.07) is 10.8. The molecule has 9 heteroatoms. The van der Waals surface area contributed by atoms with Crippen molar-refractivity contribution in [3.63, 3.8) is 0 Å². The molecule has 4 nitrogen and oxygen atoms in total. The van der Waals surface area contributed by atoms with Gasteiger partial charge in [0.25, 0.3) is 0 Å². The zero-order chi connectivity index (χ0) is 19.5. The summed E-state index contributed by atoms with van der Waals surface area (Å²) in [4.78, 5) is 12.6. The molecule has 0 aromatic heterocycles. The first-order valence-electron chi connectivity index (χ1n) is 7.36. The number of hydrogen-bond donors (Lipinski definition) is 0. The van der Waals surface area contributed by atoms with Gasteiger partial charge in [0, 0.05) is 17.5 Å². The second-order valence-electron chi connectivity index (χ2n) is 5.51. The highest BCUT2D eigenvalue weighted by Gasteiger charge is 2.30. The van der Waals surface area contributed by atoms with Gasteiger partial charge in [-0.3, -0.25) is 9.10 Å². The Morgan fingerprint density at radius 2 is 1.73 bits per heavy atom. The number of alkyl halides is 3. The molecule has 0 N–H and O–H groups in total. The average Bonchev–Trinajstić information content (AvgIpc) is 2.58. The molecular formula is C17H16F3NO3S2. The Balaban J connectivity index is 2.05.